The van der Waals surface area contributed by atoms with Gasteiger partial charge in [0.2, 0.25) is 0 Å². The molecule has 0 radical (unpaired) electrons. The maximum atomic E-state index is 3.59. The summed E-state index contributed by atoms with van der Waals surface area (Å²) in [5, 5.41) is 0. The van der Waals surface area contributed by atoms with Gasteiger partial charge in [0.1, 0.15) is 0 Å². The van der Waals surface area contributed by atoms with Gasteiger partial charge in [-0.3, -0.25) is 4.90 Å². The van der Waals surface area contributed by atoms with Crippen LogP contribution in [-0.2, 0) is 13.0 Å². The van der Waals surface area contributed by atoms with Gasteiger partial charge in [-0.25, -0.2) is 0 Å². The fourth-order valence-electron chi connectivity index (χ4n) is 3.24. The van der Waals surface area contributed by atoms with E-state index < -0.39 is 0 Å². The van der Waals surface area contributed by atoms with E-state index in [-0.39, 0.29) is 0 Å². The first kappa shape index (κ1) is 13.6. The van der Waals surface area contributed by atoms with Crippen LogP contribution in [0.5, 0.6) is 0 Å². The Morgan fingerprint density at radius 2 is 1.68 bits per heavy atom. The second-order valence-electron chi connectivity index (χ2n) is 5.84. The molecule has 0 aromatic heterocycles. The largest absolute Gasteiger partial charge is 0.302 e. The van der Waals surface area contributed by atoms with E-state index in [0.29, 0.717) is 0 Å². The third-order valence-electron chi connectivity index (χ3n) is 4.44. The number of nitrogens with zero attached hydrogens (tertiary/aromatic N) is 2. The molecule has 1 saturated heterocycles. The van der Waals surface area contributed by atoms with E-state index in [1.165, 1.54) is 74.0 Å². The molecule has 0 N–H and O–H groups in total. The highest BCUT2D eigenvalue weighted by molar-refractivity contribution is 9.10. The Bertz CT molecular complexity index is 427. The number of piperidine rings is 1. The van der Waals surface area contributed by atoms with E-state index in [4.69, 9.17) is 0 Å². The average Bonchev–Trinajstić information content (AvgIpc) is 2.46. The van der Waals surface area contributed by atoms with Crippen molar-refractivity contribution in [3.63, 3.8) is 0 Å². The summed E-state index contributed by atoms with van der Waals surface area (Å²) in [5.41, 5.74) is 3.05. The molecule has 2 aliphatic heterocycles. The molecule has 0 atom stereocenters. The number of fused-ring (bicyclic) bond motifs is 1. The molecule has 19 heavy (non-hydrogen) atoms. The summed E-state index contributed by atoms with van der Waals surface area (Å²) in [7, 11) is 0. The minimum absolute atomic E-state index is 1.13. The zero-order chi connectivity index (χ0) is 13.1. The average molecular weight is 323 g/mol. The van der Waals surface area contributed by atoms with Crippen molar-refractivity contribution < 1.29 is 0 Å². The molecular formula is C16H23BrN2. The molecule has 2 heterocycles. The molecule has 3 rings (SSSR count). The van der Waals surface area contributed by atoms with Gasteiger partial charge in [-0.1, -0.05) is 28.4 Å². The van der Waals surface area contributed by atoms with Crippen LogP contribution in [0, 0.1) is 0 Å². The molecule has 1 aromatic carbocycles. The first-order valence-corrected chi connectivity index (χ1v) is 8.32. The lowest BCUT2D eigenvalue weighted by Gasteiger charge is -2.32. The van der Waals surface area contributed by atoms with Gasteiger partial charge in [0.25, 0.3) is 0 Å². The summed E-state index contributed by atoms with van der Waals surface area (Å²) in [4.78, 5) is 5.25. The second kappa shape index (κ2) is 6.38. The van der Waals surface area contributed by atoms with Gasteiger partial charge in [-0.2, -0.15) is 0 Å². The lowest BCUT2D eigenvalue weighted by atomic mass is 10.00. The van der Waals surface area contributed by atoms with Gasteiger partial charge in [-0.15, -0.1) is 0 Å². The molecule has 3 heteroatoms. The molecule has 0 saturated carbocycles. The zero-order valence-electron chi connectivity index (χ0n) is 11.6. The van der Waals surface area contributed by atoms with E-state index in [1.807, 2.05) is 0 Å². The first-order valence-electron chi connectivity index (χ1n) is 7.53. The van der Waals surface area contributed by atoms with Crippen LogP contribution in [0.15, 0.2) is 22.7 Å². The number of benzene rings is 1. The van der Waals surface area contributed by atoms with Crippen molar-refractivity contribution >= 4 is 15.9 Å². The summed E-state index contributed by atoms with van der Waals surface area (Å²) in [6.45, 7) is 7.46. The normalized spacial score (nSPS) is 21.3. The highest BCUT2D eigenvalue weighted by Gasteiger charge is 2.17. The second-order valence-corrected chi connectivity index (χ2v) is 6.76. The Morgan fingerprint density at radius 3 is 2.53 bits per heavy atom. The standard InChI is InChI=1S/C16H23BrN2/c17-16-5-4-14-6-9-19(13-15(14)12-16)11-10-18-7-2-1-3-8-18/h4-5,12H,1-3,6-11,13H2. The Balaban J connectivity index is 1.53. The molecule has 0 amide bonds. The lowest BCUT2D eigenvalue weighted by molar-refractivity contribution is 0.173. The fourth-order valence-corrected chi connectivity index (χ4v) is 3.65. The van der Waals surface area contributed by atoms with E-state index in [9.17, 15) is 0 Å². The Hall–Kier alpha value is -0.380. The third-order valence-corrected chi connectivity index (χ3v) is 4.93. The molecule has 0 spiro atoms. The van der Waals surface area contributed by atoms with Crippen LogP contribution in [0.4, 0.5) is 0 Å². The summed E-state index contributed by atoms with van der Waals surface area (Å²) >= 11 is 3.59. The smallest absolute Gasteiger partial charge is 0.0237 e. The van der Waals surface area contributed by atoms with Crippen molar-refractivity contribution in [2.45, 2.75) is 32.2 Å². The van der Waals surface area contributed by atoms with Crippen LogP contribution < -0.4 is 0 Å². The maximum Gasteiger partial charge on any atom is 0.0237 e. The van der Waals surface area contributed by atoms with Crippen molar-refractivity contribution in [2.75, 3.05) is 32.7 Å². The van der Waals surface area contributed by atoms with E-state index in [0.717, 1.165) is 6.54 Å². The molecule has 0 unspecified atom stereocenters. The Labute approximate surface area is 124 Å². The zero-order valence-corrected chi connectivity index (χ0v) is 13.2. The fraction of sp³-hybridized carbons (Fsp3) is 0.625. The molecule has 0 aliphatic carbocycles. The summed E-state index contributed by atoms with van der Waals surface area (Å²) in [6, 6.07) is 6.74. The van der Waals surface area contributed by atoms with Gasteiger partial charge < -0.3 is 4.90 Å². The summed E-state index contributed by atoms with van der Waals surface area (Å²) in [5.74, 6) is 0. The molecule has 2 aliphatic rings. The van der Waals surface area contributed by atoms with Crippen LogP contribution in [0.1, 0.15) is 30.4 Å². The lowest BCUT2D eigenvalue weighted by Crippen LogP contribution is -2.39. The quantitative estimate of drug-likeness (QED) is 0.842. The van der Waals surface area contributed by atoms with Crippen molar-refractivity contribution in [1.29, 1.82) is 0 Å². The van der Waals surface area contributed by atoms with Gasteiger partial charge in [0.05, 0.1) is 0 Å². The van der Waals surface area contributed by atoms with Gasteiger partial charge in [0, 0.05) is 30.7 Å². The van der Waals surface area contributed by atoms with Gasteiger partial charge in [0.15, 0.2) is 0 Å². The highest BCUT2D eigenvalue weighted by atomic mass is 79.9. The highest BCUT2D eigenvalue weighted by Crippen LogP contribution is 2.22. The number of rotatable bonds is 3. The van der Waals surface area contributed by atoms with E-state index in [1.54, 1.807) is 0 Å². The van der Waals surface area contributed by atoms with Gasteiger partial charge >= 0.3 is 0 Å². The van der Waals surface area contributed by atoms with Gasteiger partial charge in [-0.05, 0) is 55.6 Å². The summed E-state index contributed by atoms with van der Waals surface area (Å²) < 4.78 is 1.21. The van der Waals surface area contributed by atoms with E-state index in [2.05, 4.69) is 43.9 Å². The molecule has 0 bridgehead atoms. The Kier molecular flexibility index (Phi) is 4.57. The van der Waals surface area contributed by atoms with Crippen molar-refractivity contribution in [3.05, 3.63) is 33.8 Å². The molecular weight excluding hydrogens is 300 g/mol. The monoisotopic (exact) mass is 322 g/mol. The van der Waals surface area contributed by atoms with Crippen LogP contribution in [0.3, 0.4) is 0 Å². The molecule has 2 nitrogen and oxygen atoms in total. The van der Waals surface area contributed by atoms with Crippen LogP contribution >= 0.6 is 15.9 Å². The molecule has 1 aromatic rings. The number of hydrogen-bond donors (Lipinski definition) is 0. The van der Waals surface area contributed by atoms with Crippen LogP contribution in [0.2, 0.25) is 0 Å². The topological polar surface area (TPSA) is 6.48 Å². The molecule has 104 valence electrons. The third kappa shape index (κ3) is 3.59. The SMILES string of the molecule is Brc1ccc2c(c1)CN(CCN1CCCCC1)CC2. The minimum Gasteiger partial charge on any atom is -0.302 e. The number of halogens is 1. The van der Waals surface area contributed by atoms with Crippen molar-refractivity contribution in [1.82, 2.24) is 9.80 Å². The number of hydrogen-bond acceptors (Lipinski definition) is 2. The van der Waals surface area contributed by atoms with Crippen molar-refractivity contribution in [2.24, 2.45) is 0 Å². The predicted octanol–water partition coefficient (Wildman–Crippen LogP) is 3.29. The first-order chi connectivity index (χ1) is 9.31. The van der Waals surface area contributed by atoms with Crippen LogP contribution in [-0.4, -0.2) is 42.5 Å². The Morgan fingerprint density at radius 1 is 0.895 bits per heavy atom. The predicted molar refractivity (Wildman–Crippen MR) is 83.4 cm³/mol. The number of likely N-dealkylation sites (tertiary alicyclic amines) is 1. The minimum atomic E-state index is 1.13. The van der Waals surface area contributed by atoms with Crippen LogP contribution in [0.25, 0.3) is 0 Å². The van der Waals surface area contributed by atoms with E-state index >= 15 is 0 Å². The maximum absolute atomic E-state index is 3.59. The summed E-state index contributed by atoms with van der Waals surface area (Å²) in [6.07, 6.45) is 5.44. The van der Waals surface area contributed by atoms with Crippen molar-refractivity contribution in [3.8, 4) is 0 Å². The molecule has 1 fully saturated rings.